The number of carbonyl (C=O) groups excluding carboxylic acids is 1. The number of carbonyl (C=O) groups is 1. The van der Waals surface area contributed by atoms with E-state index in [9.17, 15) is 4.79 Å². The van der Waals surface area contributed by atoms with E-state index in [1.165, 1.54) is 7.11 Å². The molecule has 0 amide bonds. The maximum atomic E-state index is 11.7. The highest BCUT2D eigenvalue weighted by molar-refractivity contribution is 5.80. The van der Waals surface area contributed by atoms with Gasteiger partial charge in [-0.1, -0.05) is 0 Å². The zero-order chi connectivity index (χ0) is 14.3. The number of hydrogen-bond donors (Lipinski definition) is 1. The van der Waals surface area contributed by atoms with Gasteiger partial charge < -0.3 is 19.9 Å². The fourth-order valence-corrected chi connectivity index (χ4v) is 2.44. The molecule has 0 bridgehead atoms. The Morgan fingerprint density at radius 3 is 2.42 bits per heavy atom. The van der Waals surface area contributed by atoms with Crippen LogP contribution in [0.3, 0.4) is 0 Å². The fourth-order valence-electron chi connectivity index (χ4n) is 2.44. The van der Waals surface area contributed by atoms with Gasteiger partial charge in [-0.15, -0.1) is 0 Å². The molecule has 0 aromatic heterocycles. The second-order valence-electron chi connectivity index (χ2n) is 5.68. The maximum absolute atomic E-state index is 11.7. The maximum Gasteiger partial charge on any atom is 0.325 e. The molecule has 1 saturated heterocycles. The summed E-state index contributed by atoms with van der Waals surface area (Å²) in [5.41, 5.74) is -0.545. The number of rotatable bonds is 7. The Kier molecular flexibility index (Phi) is 6.75. The number of ether oxygens (including phenoxy) is 1. The minimum Gasteiger partial charge on any atom is -0.468 e. The molecule has 19 heavy (non-hydrogen) atoms. The largest absolute Gasteiger partial charge is 0.468 e. The van der Waals surface area contributed by atoms with Crippen molar-refractivity contribution in [2.45, 2.75) is 31.7 Å². The average Bonchev–Trinajstić information content (AvgIpc) is 2.44. The summed E-state index contributed by atoms with van der Waals surface area (Å²) in [7, 11) is 5.44. The van der Waals surface area contributed by atoms with Gasteiger partial charge in [0.1, 0.15) is 5.54 Å². The van der Waals surface area contributed by atoms with Gasteiger partial charge in [0.15, 0.2) is 0 Å². The lowest BCUT2D eigenvalue weighted by atomic mass is 9.95. The fraction of sp³-hybridized carbons (Fsp3) is 0.929. The van der Waals surface area contributed by atoms with Crippen molar-refractivity contribution in [3.8, 4) is 0 Å². The third kappa shape index (κ3) is 5.09. The van der Waals surface area contributed by atoms with Gasteiger partial charge in [-0.05, 0) is 46.8 Å². The lowest BCUT2D eigenvalue weighted by molar-refractivity contribution is -0.148. The van der Waals surface area contributed by atoms with Crippen molar-refractivity contribution < 1.29 is 9.53 Å². The molecule has 1 unspecified atom stereocenters. The van der Waals surface area contributed by atoms with Crippen molar-refractivity contribution in [1.82, 2.24) is 15.1 Å². The van der Waals surface area contributed by atoms with E-state index in [0.29, 0.717) is 0 Å². The van der Waals surface area contributed by atoms with Crippen LogP contribution < -0.4 is 5.32 Å². The number of esters is 1. The van der Waals surface area contributed by atoms with Crippen molar-refractivity contribution in [3.63, 3.8) is 0 Å². The first-order chi connectivity index (χ1) is 9.01. The van der Waals surface area contributed by atoms with E-state index >= 15 is 0 Å². The SMILES string of the molecule is CNC(C)(CCCCN1CCN(C)CC1)C(=O)OC. The topological polar surface area (TPSA) is 44.8 Å². The predicted molar refractivity (Wildman–Crippen MR) is 77.3 cm³/mol. The number of unbranched alkanes of at least 4 members (excludes halogenated alkanes) is 1. The van der Waals surface area contributed by atoms with E-state index in [1.54, 1.807) is 0 Å². The summed E-state index contributed by atoms with van der Waals surface area (Å²) in [5.74, 6) is -0.172. The molecular weight excluding hydrogens is 242 g/mol. The standard InChI is InChI=1S/C14H29N3O2/c1-14(15-2,13(18)19-4)7-5-6-8-17-11-9-16(3)10-12-17/h15H,5-12H2,1-4H3. The second kappa shape index (κ2) is 7.82. The lowest BCUT2D eigenvalue weighted by Crippen LogP contribution is -2.48. The van der Waals surface area contributed by atoms with Crippen LogP contribution in [0.15, 0.2) is 0 Å². The van der Waals surface area contributed by atoms with Gasteiger partial charge in [0.2, 0.25) is 0 Å². The zero-order valence-electron chi connectivity index (χ0n) is 12.9. The van der Waals surface area contributed by atoms with Gasteiger partial charge in [-0.2, -0.15) is 0 Å². The molecule has 0 aromatic carbocycles. The summed E-state index contributed by atoms with van der Waals surface area (Å²) in [6.07, 6.45) is 3.00. The average molecular weight is 271 g/mol. The van der Waals surface area contributed by atoms with Crippen LogP contribution in [-0.4, -0.2) is 75.2 Å². The highest BCUT2D eigenvalue weighted by Crippen LogP contribution is 2.15. The van der Waals surface area contributed by atoms with Crippen LogP contribution in [0, 0.1) is 0 Å². The molecule has 112 valence electrons. The Labute approximate surface area is 117 Å². The number of hydrogen-bond acceptors (Lipinski definition) is 5. The van der Waals surface area contributed by atoms with Crippen LogP contribution in [0.2, 0.25) is 0 Å². The van der Waals surface area contributed by atoms with Crippen molar-refractivity contribution in [2.24, 2.45) is 0 Å². The summed E-state index contributed by atoms with van der Waals surface area (Å²) >= 11 is 0. The number of likely N-dealkylation sites (N-methyl/N-ethyl adjacent to an activating group) is 2. The Morgan fingerprint density at radius 2 is 1.89 bits per heavy atom. The quantitative estimate of drug-likeness (QED) is 0.541. The van der Waals surface area contributed by atoms with Crippen molar-refractivity contribution in [1.29, 1.82) is 0 Å². The van der Waals surface area contributed by atoms with Crippen molar-refractivity contribution >= 4 is 5.97 Å². The first-order valence-corrected chi connectivity index (χ1v) is 7.20. The molecule has 1 aliphatic rings. The molecule has 1 N–H and O–H groups in total. The van der Waals surface area contributed by atoms with Gasteiger partial charge in [0, 0.05) is 26.2 Å². The van der Waals surface area contributed by atoms with E-state index in [1.807, 2.05) is 14.0 Å². The molecule has 0 saturated carbocycles. The van der Waals surface area contributed by atoms with Crippen molar-refractivity contribution in [2.75, 3.05) is 53.9 Å². The van der Waals surface area contributed by atoms with E-state index in [4.69, 9.17) is 4.74 Å². The molecule has 1 fully saturated rings. The zero-order valence-corrected chi connectivity index (χ0v) is 12.9. The number of nitrogens with one attached hydrogen (secondary N) is 1. The molecule has 5 heteroatoms. The van der Waals surface area contributed by atoms with Crippen LogP contribution in [0.1, 0.15) is 26.2 Å². The minimum absolute atomic E-state index is 0.172. The van der Waals surface area contributed by atoms with Gasteiger partial charge in [0.05, 0.1) is 7.11 Å². The lowest BCUT2D eigenvalue weighted by Gasteiger charge is -2.32. The first-order valence-electron chi connectivity index (χ1n) is 7.20. The molecule has 1 aliphatic heterocycles. The molecule has 1 rings (SSSR count). The summed E-state index contributed by atoms with van der Waals surface area (Å²) in [6, 6.07) is 0. The Balaban J connectivity index is 2.20. The summed E-state index contributed by atoms with van der Waals surface area (Å²) in [6.45, 7) is 7.70. The summed E-state index contributed by atoms with van der Waals surface area (Å²) in [4.78, 5) is 16.6. The number of methoxy groups -OCH3 is 1. The van der Waals surface area contributed by atoms with Crippen LogP contribution in [0.25, 0.3) is 0 Å². The number of nitrogens with zero attached hydrogens (tertiary/aromatic N) is 2. The predicted octanol–water partition coefficient (Wildman–Crippen LogP) is 0.555. The monoisotopic (exact) mass is 271 g/mol. The third-order valence-corrected chi connectivity index (χ3v) is 4.18. The molecule has 1 atom stereocenters. The van der Waals surface area contributed by atoms with E-state index < -0.39 is 5.54 Å². The number of piperazine rings is 1. The van der Waals surface area contributed by atoms with Gasteiger partial charge >= 0.3 is 5.97 Å². The second-order valence-corrected chi connectivity index (χ2v) is 5.68. The molecule has 0 radical (unpaired) electrons. The first kappa shape index (κ1) is 16.4. The highest BCUT2D eigenvalue weighted by Gasteiger charge is 2.31. The molecular formula is C14H29N3O2. The normalized spacial score (nSPS) is 21.1. The molecule has 5 nitrogen and oxygen atoms in total. The van der Waals surface area contributed by atoms with Gasteiger partial charge in [-0.3, -0.25) is 4.79 Å². The van der Waals surface area contributed by atoms with E-state index in [2.05, 4.69) is 22.2 Å². The Bertz CT molecular complexity index is 278. The highest BCUT2D eigenvalue weighted by atomic mass is 16.5. The van der Waals surface area contributed by atoms with Gasteiger partial charge in [0.25, 0.3) is 0 Å². The molecule has 0 aromatic rings. The third-order valence-electron chi connectivity index (χ3n) is 4.18. The summed E-state index contributed by atoms with van der Waals surface area (Å²) < 4.78 is 4.85. The molecule has 0 aliphatic carbocycles. The van der Waals surface area contributed by atoms with Crippen LogP contribution in [0.4, 0.5) is 0 Å². The van der Waals surface area contributed by atoms with Crippen LogP contribution >= 0.6 is 0 Å². The van der Waals surface area contributed by atoms with Gasteiger partial charge in [-0.25, -0.2) is 0 Å². The molecule has 1 heterocycles. The smallest absolute Gasteiger partial charge is 0.325 e. The van der Waals surface area contributed by atoms with Crippen LogP contribution in [-0.2, 0) is 9.53 Å². The Morgan fingerprint density at radius 1 is 1.26 bits per heavy atom. The van der Waals surface area contributed by atoms with Crippen molar-refractivity contribution in [3.05, 3.63) is 0 Å². The van der Waals surface area contributed by atoms with E-state index in [0.717, 1.165) is 52.0 Å². The minimum atomic E-state index is -0.545. The molecule has 0 spiro atoms. The van der Waals surface area contributed by atoms with E-state index in [-0.39, 0.29) is 5.97 Å². The Hall–Kier alpha value is -0.650. The summed E-state index contributed by atoms with van der Waals surface area (Å²) in [5, 5.41) is 3.08. The van der Waals surface area contributed by atoms with Crippen LogP contribution in [0.5, 0.6) is 0 Å².